The summed E-state index contributed by atoms with van der Waals surface area (Å²) in [7, 11) is 2.06. The predicted molar refractivity (Wildman–Crippen MR) is 85.9 cm³/mol. The van der Waals surface area contributed by atoms with Crippen LogP contribution >= 0.6 is 11.3 Å². The Balaban J connectivity index is 1.98. The zero-order valence-electron chi connectivity index (χ0n) is 13.4. The van der Waals surface area contributed by atoms with Crippen molar-refractivity contribution in [1.82, 2.24) is 19.7 Å². The van der Waals surface area contributed by atoms with E-state index in [1.54, 1.807) is 22.2 Å². The van der Waals surface area contributed by atoms with E-state index in [9.17, 15) is 4.79 Å². The van der Waals surface area contributed by atoms with Gasteiger partial charge < -0.3 is 5.11 Å². The number of thiazole rings is 1. The van der Waals surface area contributed by atoms with Crippen LogP contribution < -0.4 is 0 Å². The van der Waals surface area contributed by atoms with Gasteiger partial charge in [-0.2, -0.15) is 5.10 Å². The molecule has 0 amide bonds. The predicted octanol–water partition coefficient (Wildman–Crippen LogP) is 2.62. The van der Waals surface area contributed by atoms with E-state index < -0.39 is 5.97 Å². The number of aryl methyl sites for hydroxylation is 3. The summed E-state index contributed by atoms with van der Waals surface area (Å²) in [5.41, 5.74) is 2.20. The summed E-state index contributed by atoms with van der Waals surface area (Å²) < 4.78 is 1.68. The first kappa shape index (κ1) is 16.6. The highest BCUT2D eigenvalue weighted by Crippen LogP contribution is 2.26. The van der Waals surface area contributed by atoms with Crippen LogP contribution in [0, 0.1) is 13.8 Å². The maximum absolute atomic E-state index is 10.6. The highest BCUT2D eigenvalue weighted by atomic mass is 32.1. The lowest BCUT2D eigenvalue weighted by Crippen LogP contribution is -2.22. The summed E-state index contributed by atoms with van der Waals surface area (Å²) in [4.78, 5) is 18.7. The number of nitrogens with zero attached hydrogens (tertiary/aromatic N) is 4. The van der Waals surface area contributed by atoms with Crippen molar-refractivity contribution >= 4 is 17.3 Å². The van der Waals surface area contributed by atoms with E-state index in [0.29, 0.717) is 6.54 Å². The molecule has 120 valence electrons. The molecule has 2 heterocycles. The summed E-state index contributed by atoms with van der Waals surface area (Å²) in [6.45, 7) is 7.44. The number of carbonyl (C=O) groups is 1. The van der Waals surface area contributed by atoms with Gasteiger partial charge in [-0.25, -0.2) is 4.98 Å². The molecule has 7 heteroatoms. The Morgan fingerprint density at radius 2 is 2.23 bits per heavy atom. The molecule has 0 aliphatic carbocycles. The number of hydrogen-bond acceptors (Lipinski definition) is 5. The van der Waals surface area contributed by atoms with Crippen molar-refractivity contribution in [2.75, 3.05) is 7.05 Å². The monoisotopic (exact) mass is 322 g/mol. The molecule has 2 rings (SSSR count). The molecule has 1 atom stereocenters. The zero-order valence-corrected chi connectivity index (χ0v) is 14.2. The molecule has 0 aliphatic rings. The van der Waals surface area contributed by atoms with Crippen LogP contribution in [0.25, 0.3) is 0 Å². The van der Waals surface area contributed by atoms with Gasteiger partial charge in [0.2, 0.25) is 0 Å². The second-order valence-corrected chi connectivity index (χ2v) is 6.93. The number of aromatic nitrogens is 3. The minimum absolute atomic E-state index is 0.0880. The molecular formula is C15H22N4O2S. The number of carboxylic acids is 1. The van der Waals surface area contributed by atoms with Gasteiger partial charge in [-0.15, -0.1) is 11.3 Å². The molecule has 0 bridgehead atoms. The van der Waals surface area contributed by atoms with Crippen molar-refractivity contribution in [2.24, 2.45) is 0 Å². The Bertz CT molecular complexity index is 650. The quantitative estimate of drug-likeness (QED) is 0.848. The summed E-state index contributed by atoms with van der Waals surface area (Å²) in [6, 6.07) is 0.229. The van der Waals surface area contributed by atoms with Gasteiger partial charge in [0, 0.05) is 23.2 Å². The van der Waals surface area contributed by atoms with E-state index in [4.69, 9.17) is 5.11 Å². The molecular weight excluding hydrogens is 300 g/mol. The first-order valence-corrected chi connectivity index (χ1v) is 8.05. The normalized spacial score (nSPS) is 12.8. The fourth-order valence-electron chi connectivity index (χ4n) is 2.39. The Labute approximate surface area is 134 Å². The van der Waals surface area contributed by atoms with Crippen LogP contribution in [0.3, 0.4) is 0 Å². The van der Waals surface area contributed by atoms with Crippen LogP contribution in [-0.4, -0.2) is 37.8 Å². The Hall–Kier alpha value is -1.73. The third-order valence-electron chi connectivity index (χ3n) is 3.67. The third kappa shape index (κ3) is 4.14. The van der Waals surface area contributed by atoms with Gasteiger partial charge >= 0.3 is 5.97 Å². The average Bonchev–Trinajstić information content (AvgIpc) is 3.02. The molecule has 0 spiro atoms. The lowest BCUT2D eigenvalue weighted by Gasteiger charge is -2.23. The molecule has 0 aromatic carbocycles. The second-order valence-electron chi connectivity index (χ2n) is 5.52. The van der Waals surface area contributed by atoms with Gasteiger partial charge in [0.05, 0.1) is 35.9 Å². The molecule has 2 aromatic heterocycles. The van der Waals surface area contributed by atoms with Crippen molar-refractivity contribution in [1.29, 1.82) is 0 Å². The molecule has 1 N–H and O–H groups in total. The van der Waals surface area contributed by atoms with E-state index in [1.165, 1.54) is 4.88 Å². The fourth-order valence-corrected chi connectivity index (χ4v) is 3.29. The summed E-state index contributed by atoms with van der Waals surface area (Å²) in [5.74, 6) is -0.808. The summed E-state index contributed by atoms with van der Waals surface area (Å²) in [6.07, 6.45) is 3.79. The minimum atomic E-state index is -0.808. The van der Waals surface area contributed by atoms with E-state index >= 15 is 0 Å². The maximum Gasteiger partial charge on any atom is 0.305 e. The second kappa shape index (κ2) is 7.02. The Kier molecular flexibility index (Phi) is 5.31. The highest BCUT2D eigenvalue weighted by molar-refractivity contribution is 7.11. The summed E-state index contributed by atoms with van der Waals surface area (Å²) >= 11 is 1.72. The van der Waals surface area contributed by atoms with Gasteiger partial charge in [0.1, 0.15) is 0 Å². The van der Waals surface area contributed by atoms with Crippen LogP contribution in [0.1, 0.15) is 40.5 Å². The standard InChI is InChI=1S/C15H22N4O2S/c1-10(15-11(2)22-12(3)17-15)18(4)8-13-7-16-19(9-13)6-5-14(20)21/h7,9-10H,5-6,8H2,1-4H3,(H,20,21)/t10-/m1/s1. The Morgan fingerprint density at radius 1 is 1.50 bits per heavy atom. The molecule has 0 radical (unpaired) electrons. The minimum Gasteiger partial charge on any atom is -0.481 e. The first-order valence-electron chi connectivity index (χ1n) is 7.24. The molecule has 2 aromatic rings. The first-order chi connectivity index (χ1) is 10.4. The molecule has 0 saturated heterocycles. The smallest absolute Gasteiger partial charge is 0.305 e. The highest BCUT2D eigenvalue weighted by Gasteiger charge is 2.18. The van der Waals surface area contributed by atoms with Crippen molar-refractivity contribution in [3.05, 3.63) is 33.5 Å². The zero-order chi connectivity index (χ0) is 16.3. The van der Waals surface area contributed by atoms with Crippen molar-refractivity contribution in [3.8, 4) is 0 Å². The van der Waals surface area contributed by atoms with Crippen LogP contribution in [0.2, 0.25) is 0 Å². The molecule has 6 nitrogen and oxygen atoms in total. The van der Waals surface area contributed by atoms with Crippen molar-refractivity contribution < 1.29 is 9.90 Å². The van der Waals surface area contributed by atoms with Gasteiger partial charge in [-0.05, 0) is 27.8 Å². The van der Waals surface area contributed by atoms with Gasteiger partial charge in [0.15, 0.2) is 0 Å². The number of aliphatic carboxylic acids is 1. The Morgan fingerprint density at radius 3 is 2.82 bits per heavy atom. The SMILES string of the molecule is Cc1nc([C@@H](C)N(C)Cc2cnn(CCC(=O)O)c2)c(C)s1. The summed E-state index contributed by atoms with van der Waals surface area (Å²) in [5, 5.41) is 14.0. The van der Waals surface area contributed by atoms with Gasteiger partial charge in [-0.1, -0.05) is 0 Å². The largest absolute Gasteiger partial charge is 0.481 e. The van der Waals surface area contributed by atoms with E-state index in [-0.39, 0.29) is 12.5 Å². The fraction of sp³-hybridized carbons (Fsp3) is 0.533. The topological polar surface area (TPSA) is 71.2 Å². The molecule has 0 unspecified atom stereocenters. The van der Waals surface area contributed by atoms with Crippen LogP contribution in [-0.2, 0) is 17.9 Å². The van der Waals surface area contributed by atoms with Gasteiger partial charge in [-0.3, -0.25) is 14.4 Å². The van der Waals surface area contributed by atoms with Crippen molar-refractivity contribution in [2.45, 2.75) is 46.3 Å². The van der Waals surface area contributed by atoms with Crippen LogP contribution in [0.5, 0.6) is 0 Å². The van der Waals surface area contributed by atoms with Crippen LogP contribution in [0.15, 0.2) is 12.4 Å². The number of carboxylic acid groups (broad SMARTS) is 1. The van der Waals surface area contributed by atoms with Crippen molar-refractivity contribution in [3.63, 3.8) is 0 Å². The maximum atomic E-state index is 10.6. The molecule has 0 fully saturated rings. The van der Waals surface area contributed by atoms with E-state index in [2.05, 4.69) is 35.9 Å². The van der Waals surface area contributed by atoms with Crippen LogP contribution in [0.4, 0.5) is 0 Å². The third-order valence-corrected chi connectivity index (χ3v) is 4.57. The van der Waals surface area contributed by atoms with E-state index in [1.807, 2.05) is 13.1 Å². The molecule has 22 heavy (non-hydrogen) atoms. The van der Waals surface area contributed by atoms with Gasteiger partial charge in [0.25, 0.3) is 0 Å². The molecule has 0 saturated carbocycles. The average molecular weight is 322 g/mol. The molecule has 0 aliphatic heterocycles. The lowest BCUT2D eigenvalue weighted by molar-refractivity contribution is -0.137. The lowest BCUT2D eigenvalue weighted by atomic mass is 10.2. The number of hydrogen-bond donors (Lipinski definition) is 1. The number of rotatable bonds is 7. The van der Waals surface area contributed by atoms with E-state index in [0.717, 1.165) is 22.8 Å².